The molecule has 1 saturated heterocycles. The molecule has 218 valence electrons. The van der Waals surface area contributed by atoms with Crippen molar-refractivity contribution in [2.75, 3.05) is 25.1 Å². The van der Waals surface area contributed by atoms with Crippen molar-refractivity contribution in [2.24, 2.45) is 0 Å². The van der Waals surface area contributed by atoms with E-state index in [4.69, 9.17) is 20.8 Å². The number of rotatable bonds is 4. The molecular weight excluding hydrogens is 563 g/mol. The van der Waals surface area contributed by atoms with Gasteiger partial charge in [-0.3, -0.25) is 14.5 Å². The van der Waals surface area contributed by atoms with Crippen LogP contribution in [-0.2, 0) is 14.9 Å². The molecule has 3 aromatic heterocycles. The van der Waals surface area contributed by atoms with Gasteiger partial charge in [-0.25, -0.2) is 19.2 Å². The number of furan rings is 1. The zero-order chi connectivity index (χ0) is 30.6. The Bertz CT molecular complexity index is 1730. The van der Waals surface area contributed by atoms with Crippen molar-refractivity contribution in [2.45, 2.75) is 45.6 Å². The molecule has 42 heavy (non-hydrogen) atoms. The monoisotopic (exact) mass is 592 g/mol. The quantitative estimate of drug-likeness (QED) is 0.266. The van der Waals surface area contributed by atoms with Crippen molar-refractivity contribution in [1.29, 1.82) is 0 Å². The Morgan fingerprint density at radius 1 is 1.10 bits per heavy atom. The van der Waals surface area contributed by atoms with Crippen LogP contribution >= 0.6 is 11.6 Å². The second kappa shape index (κ2) is 10.5. The molecule has 0 N–H and O–H groups in total. The fourth-order valence-corrected chi connectivity index (χ4v) is 5.12. The number of nitrogens with zero attached hydrogens (tertiary/aromatic N) is 4. The summed E-state index contributed by atoms with van der Waals surface area (Å²) in [4.78, 5) is 51.1. The number of amides is 2. The first-order chi connectivity index (χ1) is 19.7. The smallest absolute Gasteiger partial charge is 0.339 e. The Hall–Kier alpha value is -4.31. The molecular formula is C31H30ClFN4O5. The lowest BCUT2D eigenvalue weighted by molar-refractivity contribution is -0.129. The van der Waals surface area contributed by atoms with E-state index in [2.05, 4.69) is 9.97 Å². The summed E-state index contributed by atoms with van der Waals surface area (Å²) in [6.07, 6.45) is 1.35. The van der Waals surface area contributed by atoms with E-state index < -0.39 is 28.6 Å². The van der Waals surface area contributed by atoms with Crippen LogP contribution in [0.5, 0.6) is 0 Å². The fraction of sp³-hybridized carbons (Fsp3) is 0.323. The molecule has 5 rings (SSSR count). The standard InChI is InChI=1S/C31H30ClFN4O5/c1-30(2,3)19-14-22(17-7-9-20(32)21(33)13-17)35-23-15-24(42-26(19)23)27(38)37-12-11-36(29(40)31(37,4)5)25-10-8-18(16-34-25)28(39)41-6/h7-10,13-16H,11-12H2,1-6H3. The molecule has 1 fully saturated rings. The number of ether oxygens (including phenoxy) is 1. The topological polar surface area (TPSA) is 106 Å². The van der Waals surface area contributed by atoms with Crippen molar-refractivity contribution in [3.05, 3.63) is 76.4 Å². The second-order valence-corrected chi connectivity index (χ2v) is 12.0. The summed E-state index contributed by atoms with van der Waals surface area (Å²) in [6, 6.07) is 11.0. The van der Waals surface area contributed by atoms with Crippen LogP contribution in [0.1, 0.15) is 61.1 Å². The number of benzene rings is 1. The predicted molar refractivity (Wildman–Crippen MR) is 156 cm³/mol. The van der Waals surface area contributed by atoms with Gasteiger partial charge < -0.3 is 14.1 Å². The third-order valence-corrected chi connectivity index (χ3v) is 7.70. The van der Waals surface area contributed by atoms with Crippen LogP contribution in [-0.4, -0.2) is 58.4 Å². The number of fused-ring (bicyclic) bond motifs is 1. The maximum Gasteiger partial charge on any atom is 0.339 e. The highest BCUT2D eigenvalue weighted by molar-refractivity contribution is 6.30. The van der Waals surface area contributed by atoms with Gasteiger partial charge in [0.05, 0.1) is 23.4 Å². The number of hydrogen-bond donors (Lipinski definition) is 0. The number of carbonyl (C=O) groups is 3. The fourth-order valence-electron chi connectivity index (χ4n) is 5.01. The number of piperazine rings is 1. The molecule has 0 aliphatic carbocycles. The predicted octanol–water partition coefficient (Wildman–Crippen LogP) is 6.03. The van der Waals surface area contributed by atoms with Gasteiger partial charge in [0.15, 0.2) is 11.3 Å². The van der Waals surface area contributed by atoms with Gasteiger partial charge in [0, 0.05) is 36.5 Å². The maximum atomic E-state index is 14.3. The van der Waals surface area contributed by atoms with Gasteiger partial charge in [-0.2, -0.15) is 0 Å². The molecule has 11 heteroatoms. The molecule has 0 saturated carbocycles. The van der Waals surface area contributed by atoms with E-state index in [0.29, 0.717) is 28.2 Å². The van der Waals surface area contributed by atoms with Crippen molar-refractivity contribution in [3.63, 3.8) is 0 Å². The van der Waals surface area contributed by atoms with E-state index in [-0.39, 0.29) is 35.3 Å². The lowest BCUT2D eigenvalue weighted by Gasteiger charge is -2.45. The van der Waals surface area contributed by atoms with E-state index in [0.717, 1.165) is 5.56 Å². The summed E-state index contributed by atoms with van der Waals surface area (Å²) in [5.74, 6) is -1.48. The van der Waals surface area contributed by atoms with E-state index in [9.17, 15) is 18.8 Å². The minimum Gasteiger partial charge on any atom is -0.465 e. The largest absolute Gasteiger partial charge is 0.465 e. The number of carbonyl (C=O) groups excluding carboxylic acids is 3. The SMILES string of the molecule is COC(=O)c1ccc(N2CCN(C(=O)c3cc4nc(-c5ccc(Cl)c(F)c5)cc(C(C)(C)C)c4o3)C(C)(C)C2=O)nc1. The van der Waals surface area contributed by atoms with Crippen LogP contribution in [0.3, 0.4) is 0 Å². The summed E-state index contributed by atoms with van der Waals surface area (Å²) < 4.78 is 25.1. The highest BCUT2D eigenvalue weighted by Gasteiger charge is 2.46. The van der Waals surface area contributed by atoms with Crippen LogP contribution in [0.25, 0.3) is 22.4 Å². The Morgan fingerprint density at radius 3 is 2.45 bits per heavy atom. The Morgan fingerprint density at radius 2 is 1.83 bits per heavy atom. The molecule has 1 aliphatic heterocycles. The number of aromatic nitrogens is 2. The van der Waals surface area contributed by atoms with Gasteiger partial charge in [0.2, 0.25) is 0 Å². The van der Waals surface area contributed by atoms with Crippen LogP contribution in [0.4, 0.5) is 10.2 Å². The molecule has 4 heterocycles. The highest BCUT2D eigenvalue weighted by atomic mass is 35.5. The van der Waals surface area contributed by atoms with Crippen LogP contribution in [0.2, 0.25) is 5.02 Å². The molecule has 0 unspecified atom stereocenters. The minimum atomic E-state index is -1.23. The lowest BCUT2D eigenvalue weighted by atomic mass is 9.86. The number of halogens is 2. The van der Waals surface area contributed by atoms with Crippen molar-refractivity contribution >= 4 is 46.3 Å². The summed E-state index contributed by atoms with van der Waals surface area (Å²) in [5, 5.41) is 0.0123. The molecule has 9 nitrogen and oxygen atoms in total. The third-order valence-electron chi connectivity index (χ3n) is 7.39. The molecule has 1 aliphatic rings. The lowest BCUT2D eigenvalue weighted by Crippen LogP contribution is -2.64. The van der Waals surface area contributed by atoms with Gasteiger partial charge in [-0.05, 0) is 49.6 Å². The first-order valence-corrected chi connectivity index (χ1v) is 13.7. The van der Waals surface area contributed by atoms with E-state index in [1.165, 1.54) is 41.3 Å². The van der Waals surface area contributed by atoms with Gasteiger partial charge >= 0.3 is 5.97 Å². The summed E-state index contributed by atoms with van der Waals surface area (Å²) in [6.45, 7) is 9.74. The van der Waals surface area contributed by atoms with Gasteiger partial charge in [0.1, 0.15) is 22.7 Å². The van der Waals surface area contributed by atoms with Crippen LogP contribution < -0.4 is 4.90 Å². The average Bonchev–Trinajstić information content (AvgIpc) is 3.38. The van der Waals surface area contributed by atoms with Crippen molar-refractivity contribution in [3.8, 4) is 11.3 Å². The zero-order valence-corrected chi connectivity index (χ0v) is 24.9. The number of anilines is 1. The van der Waals surface area contributed by atoms with Gasteiger partial charge in [0.25, 0.3) is 11.8 Å². The molecule has 1 aromatic carbocycles. The normalized spacial score (nSPS) is 15.3. The van der Waals surface area contributed by atoms with E-state index >= 15 is 0 Å². The number of hydrogen-bond acceptors (Lipinski definition) is 7. The maximum absolute atomic E-state index is 14.3. The van der Waals surface area contributed by atoms with Crippen molar-refractivity contribution in [1.82, 2.24) is 14.9 Å². The zero-order valence-electron chi connectivity index (χ0n) is 24.1. The Kier molecular flexibility index (Phi) is 7.30. The first kappa shape index (κ1) is 29.2. The van der Waals surface area contributed by atoms with Gasteiger partial charge in [-0.15, -0.1) is 0 Å². The summed E-state index contributed by atoms with van der Waals surface area (Å²) in [7, 11) is 1.28. The third kappa shape index (κ3) is 5.11. The van der Waals surface area contributed by atoms with Crippen molar-refractivity contribution < 1.29 is 27.9 Å². The summed E-state index contributed by atoms with van der Waals surface area (Å²) in [5.41, 5.74) is 1.36. The molecule has 0 radical (unpaired) electrons. The Labute approximate surface area is 247 Å². The molecule has 0 bridgehead atoms. The summed E-state index contributed by atoms with van der Waals surface area (Å²) >= 11 is 5.88. The number of methoxy groups -OCH3 is 1. The number of esters is 1. The van der Waals surface area contributed by atoms with E-state index in [1.807, 2.05) is 26.8 Å². The molecule has 2 amide bonds. The van der Waals surface area contributed by atoms with Crippen LogP contribution in [0, 0.1) is 5.82 Å². The minimum absolute atomic E-state index is 0.0123. The molecule has 0 atom stereocenters. The van der Waals surface area contributed by atoms with Crippen LogP contribution in [0.15, 0.2) is 53.1 Å². The molecule has 0 spiro atoms. The number of pyridine rings is 2. The average molecular weight is 593 g/mol. The first-order valence-electron chi connectivity index (χ1n) is 13.3. The molecule has 4 aromatic rings. The Balaban J connectivity index is 1.48. The highest BCUT2D eigenvalue weighted by Crippen LogP contribution is 2.36. The second-order valence-electron chi connectivity index (χ2n) is 11.6. The van der Waals surface area contributed by atoms with Gasteiger partial charge in [-0.1, -0.05) is 38.4 Å². The van der Waals surface area contributed by atoms with E-state index in [1.54, 1.807) is 32.0 Å².